The number of amides is 1. The van der Waals surface area contributed by atoms with Crippen molar-refractivity contribution in [3.05, 3.63) is 41.9 Å². The van der Waals surface area contributed by atoms with E-state index in [0.29, 0.717) is 21.8 Å². The largest absolute Gasteiger partial charge is 0.381 e. The molecule has 6 nitrogen and oxygen atoms in total. The number of halogens is 2. The number of hydrogen-bond donors (Lipinski definition) is 1. The predicted molar refractivity (Wildman–Crippen MR) is 106 cm³/mol. The Bertz CT molecular complexity index is 1070. The zero-order valence-electron chi connectivity index (χ0n) is 16.2. The van der Waals surface area contributed by atoms with Crippen molar-refractivity contribution < 1.29 is 13.6 Å². The van der Waals surface area contributed by atoms with Gasteiger partial charge in [-0.05, 0) is 12.1 Å². The molecule has 148 valence electrons. The van der Waals surface area contributed by atoms with E-state index in [1.807, 2.05) is 20.8 Å². The smallest absolute Gasteiger partial charge is 0.254 e. The second-order valence-corrected chi connectivity index (χ2v) is 9.40. The number of aromatic nitrogens is 3. The highest BCUT2D eigenvalue weighted by Crippen LogP contribution is 2.36. The second kappa shape index (κ2) is 7.05. The van der Waals surface area contributed by atoms with Crippen LogP contribution in [0.1, 0.15) is 31.1 Å². The van der Waals surface area contributed by atoms with Crippen molar-refractivity contribution in [2.45, 2.75) is 30.4 Å². The minimum absolute atomic E-state index is 0.0578. The Hall–Kier alpha value is -2.68. The molecule has 28 heavy (non-hydrogen) atoms. The van der Waals surface area contributed by atoms with Crippen LogP contribution in [-0.2, 0) is 0 Å². The van der Waals surface area contributed by atoms with Crippen molar-refractivity contribution in [1.29, 1.82) is 0 Å². The molecule has 0 aliphatic rings. The quantitative estimate of drug-likeness (QED) is 0.529. The Balaban J connectivity index is 2.25. The summed E-state index contributed by atoms with van der Waals surface area (Å²) in [4.78, 5) is 22.5. The van der Waals surface area contributed by atoms with Gasteiger partial charge in [0, 0.05) is 29.9 Å². The van der Waals surface area contributed by atoms with Gasteiger partial charge in [0.25, 0.3) is 5.91 Å². The van der Waals surface area contributed by atoms with Gasteiger partial charge in [0.15, 0.2) is 11.6 Å². The van der Waals surface area contributed by atoms with Crippen LogP contribution in [0.15, 0.2) is 29.4 Å². The molecule has 0 radical (unpaired) electrons. The molecule has 9 heteroatoms. The lowest BCUT2D eigenvalue weighted by atomic mass is 10.2. The van der Waals surface area contributed by atoms with E-state index in [0.717, 1.165) is 6.07 Å². The zero-order chi connectivity index (χ0) is 20.8. The van der Waals surface area contributed by atoms with Crippen LogP contribution in [0.3, 0.4) is 0 Å². The maximum atomic E-state index is 14.3. The lowest BCUT2D eigenvalue weighted by Gasteiger charge is -2.21. The van der Waals surface area contributed by atoms with Crippen molar-refractivity contribution in [3.8, 4) is 11.3 Å². The highest BCUT2D eigenvalue weighted by molar-refractivity contribution is 8.00. The number of rotatable bonds is 3. The molecule has 3 heterocycles. The van der Waals surface area contributed by atoms with Crippen molar-refractivity contribution in [2.24, 2.45) is 0 Å². The van der Waals surface area contributed by atoms with Gasteiger partial charge in [-0.15, -0.1) is 11.8 Å². The van der Waals surface area contributed by atoms with Crippen molar-refractivity contribution in [1.82, 2.24) is 19.3 Å². The summed E-state index contributed by atoms with van der Waals surface area (Å²) >= 11 is 1.51. The fourth-order valence-corrected chi connectivity index (χ4v) is 3.76. The molecule has 0 aliphatic carbocycles. The summed E-state index contributed by atoms with van der Waals surface area (Å²) in [5.74, 6) is -2.36. The molecular weight excluding hydrogens is 384 g/mol. The van der Waals surface area contributed by atoms with Gasteiger partial charge >= 0.3 is 0 Å². The van der Waals surface area contributed by atoms with E-state index in [1.165, 1.54) is 22.9 Å². The third-order valence-corrected chi connectivity index (χ3v) is 5.05. The number of nitrogens with zero attached hydrogens (tertiary/aromatic N) is 4. The number of thioether (sulfide) groups is 1. The van der Waals surface area contributed by atoms with Gasteiger partial charge in [-0.3, -0.25) is 9.20 Å². The molecule has 1 amide bonds. The summed E-state index contributed by atoms with van der Waals surface area (Å²) in [5.41, 5.74) is 6.53. The summed E-state index contributed by atoms with van der Waals surface area (Å²) < 4.78 is 29.7. The number of anilines is 1. The minimum atomic E-state index is -0.890. The fourth-order valence-electron chi connectivity index (χ4n) is 2.68. The Kier molecular flexibility index (Phi) is 5.05. The van der Waals surface area contributed by atoms with E-state index in [2.05, 4.69) is 9.97 Å². The van der Waals surface area contributed by atoms with E-state index in [-0.39, 0.29) is 16.2 Å². The summed E-state index contributed by atoms with van der Waals surface area (Å²) in [6.45, 7) is 6.08. The van der Waals surface area contributed by atoms with E-state index in [9.17, 15) is 13.6 Å². The number of carbonyl (C=O) groups excluding carboxylic acids is 1. The van der Waals surface area contributed by atoms with Gasteiger partial charge in [0.2, 0.25) is 5.95 Å². The van der Waals surface area contributed by atoms with Gasteiger partial charge in [-0.25, -0.2) is 9.37 Å². The summed E-state index contributed by atoms with van der Waals surface area (Å²) in [7, 11) is 3.35. The van der Waals surface area contributed by atoms with Gasteiger partial charge in [-0.1, -0.05) is 20.8 Å². The Morgan fingerprint density at radius 1 is 1.25 bits per heavy atom. The maximum Gasteiger partial charge on any atom is 0.254 e. The number of nitrogen functional groups attached to an aromatic ring is 1. The van der Waals surface area contributed by atoms with Crippen LogP contribution >= 0.6 is 11.8 Å². The number of fused-ring (bicyclic) bond motifs is 1. The van der Waals surface area contributed by atoms with Crippen LogP contribution in [0, 0.1) is 11.8 Å². The van der Waals surface area contributed by atoms with Crippen LogP contribution < -0.4 is 5.73 Å². The third-order valence-electron chi connectivity index (χ3n) is 3.90. The summed E-state index contributed by atoms with van der Waals surface area (Å²) in [6.07, 6.45) is 3.14. The highest BCUT2D eigenvalue weighted by Gasteiger charge is 2.23. The molecular formula is C19H21F2N5OS. The van der Waals surface area contributed by atoms with Crippen LogP contribution in [0.2, 0.25) is 0 Å². The predicted octanol–water partition coefficient (Wildman–Crippen LogP) is 3.85. The Morgan fingerprint density at radius 3 is 2.54 bits per heavy atom. The molecule has 0 unspecified atom stereocenters. The zero-order valence-corrected chi connectivity index (χ0v) is 17.1. The first kappa shape index (κ1) is 20.1. The number of carbonyl (C=O) groups is 1. The summed E-state index contributed by atoms with van der Waals surface area (Å²) in [5, 5.41) is 0. The third kappa shape index (κ3) is 3.80. The first-order valence-corrected chi connectivity index (χ1v) is 9.33. The van der Waals surface area contributed by atoms with Crippen molar-refractivity contribution >= 4 is 29.1 Å². The Labute approximate surface area is 165 Å². The van der Waals surface area contributed by atoms with Gasteiger partial charge in [0.1, 0.15) is 5.65 Å². The number of nitrogens with two attached hydrogens (primary N) is 1. The number of imidazole rings is 1. The first-order valence-electron chi connectivity index (χ1n) is 8.51. The maximum absolute atomic E-state index is 14.3. The van der Waals surface area contributed by atoms with Crippen LogP contribution in [0.5, 0.6) is 0 Å². The van der Waals surface area contributed by atoms with Crippen molar-refractivity contribution in [3.63, 3.8) is 0 Å². The summed E-state index contributed by atoms with van der Waals surface area (Å²) in [6, 6.07) is 2.65. The first-order chi connectivity index (χ1) is 13.0. The van der Waals surface area contributed by atoms with Crippen LogP contribution in [0.4, 0.5) is 14.6 Å². The molecule has 2 N–H and O–H groups in total. The fraction of sp³-hybridized carbons (Fsp3) is 0.316. The average Bonchev–Trinajstić information content (AvgIpc) is 2.98. The molecule has 0 aliphatic heterocycles. The second-order valence-electron chi connectivity index (χ2n) is 7.53. The molecule has 0 saturated carbocycles. The molecule has 0 saturated heterocycles. The topological polar surface area (TPSA) is 76.5 Å². The van der Waals surface area contributed by atoms with Crippen LogP contribution in [0.25, 0.3) is 16.9 Å². The van der Waals surface area contributed by atoms with Gasteiger partial charge < -0.3 is 10.6 Å². The van der Waals surface area contributed by atoms with Gasteiger partial charge in [-0.2, -0.15) is 9.37 Å². The van der Waals surface area contributed by atoms with Crippen molar-refractivity contribution in [2.75, 3.05) is 19.8 Å². The molecule has 0 fully saturated rings. The molecule has 0 atom stereocenters. The average molecular weight is 405 g/mol. The van der Waals surface area contributed by atoms with E-state index < -0.39 is 17.6 Å². The SMILES string of the molecule is CN(C)C(=O)c1cc2ncc(-c3cc(F)c(N)nc3F)n2cc1SC(C)(C)C. The number of pyridine rings is 2. The van der Waals surface area contributed by atoms with E-state index in [1.54, 1.807) is 30.8 Å². The van der Waals surface area contributed by atoms with E-state index in [4.69, 9.17) is 5.73 Å². The molecule has 3 aromatic heterocycles. The molecule has 0 aromatic carbocycles. The number of hydrogen-bond acceptors (Lipinski definition) is 5. The molecule has 0 spiro atoms. The normalized spacial score (nSPS) is 11.8. The molecule has 3 aromatic rings. The highest BCUT2D eigenvalue weighted by atomic mass is 32.2. The molecule has 0 bridgehead atoms. The standard InChI is InChI=1S/C19H21F2N5OS/c1-19(2,3)28-14-9-26-13(10-6-12(20)17(22)24-16(10)21)8-23-15(26)7-11(14)18(27)25(4)5/h6-9H,1-5H3,(H2,22,24). The van der Waals surface area contributed by atoms with Crippen LogP contribution in [-0.4, -0.2) is 44.0 Å². The lowest BCUT2D eigenvalue weighted by molar-refractivity contribution is 0.0824. The molecule has 3 rings (SSSR count). The Morgan fingerprint density at radius 2 is 1.93 bits per heavy atom. The lowest BCUT2D eigenvalue weighted by Crippen LogP contribution is -2.23. The minimum Gasteiger partial charge on any atom is -0.381 e. The van der Waals surface area contributed by atoms with E-state index >= 15 is 0 Å². The van der Waals surface area contributed by atoms with Gasteiger partial charge in [0.05, 0.1) is 23.0 Å². The monoisotopic (exact) mass is 405 g/mol.